The summed E-state index contributed by atoms with van der Waals surface area (Å²) in [5.74, 6) is -0.335. The van der Waals surface area contributed by atoms with E-state index in [-0.39, 0.29) is 37.3 Å². The third kappa shape index (κ3) is 14.8. The lowest BCUT2D eigenvalue weighted by Crippen LogP contribution is -3.00. The summed E-state index contributed by atoms with van der Waals surface area (Å²) >= 11 is 0. The van der Waals surface area contributed by atoms with Gasteiger partial charge >= 0.3 is 5.97 Å². The van der Waals surface area contributed by atoms with Crippen LogP contribution in [0.25, 0.3) is 0 Å². The van der Waals surface area contributed by atoms with Gasteiger partial charge in [0.1, 0.15) is 13.2 Å². The summed E-state index contributed by atoms with van der Waals surface area (Å²) in [5, 5.41) is 0. The third-order valence-electron chi connectivity index (χ3n) is 1.19. The second kappa shape index (κ2) is 8.56. The molecule has 0 saturated carbocycles. The third-order valence-corrected chi connectivity index (χ3v) is 1.19. The maximum absolute atomic E-state index is 10.5. The van der Waals surface area contributed by atoms with Crippen molar-refractivity contribution in [2.75, 3.05) is 40.8 Å². The molecule has 0 spiro atoms. The molecule has 13 heavy (non-hydrogen) atoms. The minimum atomic E-state index is -0.335. The van der Waals surface area contributed by atoms with Crippen LogP contribution in [0.5, 0.6) is 0 Å². The molecule has 0 unspecified atom stereocenters. The Balaban J connectivity index is -0.000000500. The molecule has 0 amide bonds. The summed E-state index contributed by atoms with van der Waals surface area (Å²) in [5.41, 5.74) is 5.04. The van der Waals surface area contributed by atoms with Crippen LogP contribution in [0.2, 0.25) is 0 Å². The van der Waals surface area contributed by atoms with Crippen LogP contribution in [0, 0.1) is 0 Å². The lowest BCUT2D eigenvalue weighted by Gasteiger charge is -2.23. The number of hydrogen-bond donors (Lipinski definition) is 1. The lowest BCUT2D eigenvalue weighted by atomic mass is 10.5. The standard InChI is InChI=1S/C7H17N2O2.2ClH/c1-9(2,3)4-5-11-7(10)6-8;;/h4-6,8H2,1-3H3;2*1H/q+1;;/p-1. The number of quaternary nitrogens is 1. The van der Waals surface area contributed by atoms with E-state index in [1.54, 1.807) is 0 Å². The minimum Gasteiger partial charge on any atom is -1.00 e. The molecule has 0 saturated heterocycles. The van der Waals surface area contributed by atoms with Crippen LogP contribution in [0.1, 0.15) is 0 Å². The number of ether oxygens (including phenoxy) is 1. The van der Waals surface area contributed by atoms with Crippen molar-refractivity contribution in [1.82, 2.24) is 0 Å². The van der Waals surface area contributed by atoms with Crippen LogP contribution >= 0.6 is 12.4 Å². The molecule has 0 bridgehead atoms. The first-order chi connectivity index (χ1) is 4.95. The van der Waals surface area contributed by atoms with E-state index in [9.17, 15) is 4.79 Å². The number of halogens is 2. The molecule has 0 rings (SSSR count). The van der Waals surface area contributed by atoms with Crippen molar-refractivity contribution < 1.29 is 26.4 Å². The van der Waals surface area contributed by atoms with E-state index in [1.165, 1.54) is 0 Å². The van der Waals surface area contributed by atoms with Gasteiger partial charge in [-0.25, -0.2) is 0 Å². The maximum atomic E-state index is 10.5. The van der Waals surface area contributed by atoms with E-state index >= 15 is 0 Å². The molecule has 0 aliphatic rings. The highest BCUT2D eigenvalue weighted by molar-refractivity contribution is 5.85. The highest BCUT2D eigenvalue weighted by Crippen LogP contribution is 1.89. The predicted molar refractivity (Wildman–Crippen MR) is 50.2 cm³/mol. The Morgan fingerprint density at radius 2 is 1.85 bits per heavy atom. The van der Waals surface area contributed by atoms with Gasteiger partial charge in [0.25, 0.3) is 0 Å². The fourth-order valence-electron chi connectivity index (χ4n) is 0.492. The summed E-state index contributed by atoms with van der Waals surface area (Å²) < 4.78 is 5.58. The van der Waals surface area contributed by atoms with Gasteiger partial charge in [-0.3, -0.25) is 4.79 Å². The van der Waals surface area contributed by atoms with Crippen LogP contribution in [0.4, 0.5) is 0 Å². The van der Waals surface area contributed by atoms with Crippen molar-refractivity contribution in [2.24, 2.45) is 5.73 Å². The Labute approximate surface area is 91.8 Å². The molecular formula is C7H18Cl2N2O2. The molecule has 4 nitrogen and oxygen atoms in total. The van der Waals surface area contributed by atoms with Crippen LogP contribution in [0.15, 0.2) is 0 Å². The molecule has 2 N–H and O–H groups in total. The zero-order valence-electron chi connectivity index (χ0n) is 8.25. The van der Waals surface area contributed by atoms with Crippen molar-refractivity contribution in [1.29, 1.82) is 0 Å². The normalized spacial score (nSPS) is 9.54. The zero-order valence-corrected chi connectivity index (χ0v) is 9.82. The van der Waals surface area contributed by atoms with Crippen molar-refractivity contribution in [3.8, 4) is 0 Å². The molecule has 0 aliphatic carbocycles. The largest absolute Gasteiger partial charge is 1.00 e. The summed E-state index contributed by atoms with van der Waals surface area (Å²) in [6, 6.07) is 0. The molecule has 0 heterocycles. The topological polar surface area (TPSA) is 52.3 Å². The molecule has 0 fully saturated rings. The summed E-state index contributed by atoms with van der Waals surface area (Å²) in [6.45, 7) is 1.22. The second-order valence-electron chi connectivity index (χ2n) is 3.44. The Morgan fingerprint density at radius 1 is 1.38 bits per heavy atom. The molecule has 0 atom stereocenters. The number of esters is 1. The van der Waals surface area contributed by atoms with E-state index < -0.39 is 0 Å². The van der Waals surface area contributed by atoms with E-state index in [1.807, 2.05) is 21.1 Å². The van der Waals surface area contributed by atoms with Crippen LogP contribution in [-0.4, -0.2) is 51.3 Å². The van der Waals surface area contributed by atoms with E-state index in [0.717, 1.165) is 11.0 Å². The van der Waals surface area contributed by atoms with Crippen molar-refractivity contribution >= 4 is 18.4 Å². The average Bonchev–Trinajstić information content (AvgIpc) is 1.85. The molecular weight excluding hydrogens is 215 g/mol. The fourth-order valence-corrected chi connectivity index (χ4v) is 0.492. The fraction of sp³-hybridized carbons (Fsp3) is 0.857. The number of carbonyl (C=O) groups is 1. The van der Waals surface area contributed by atoms with E-state index in [2.05, 4.69) is 0 Å². The van der Waals surface area contributed by atoms with Gasteiger partial charge in [-0.15, -0.1) is 12.4 Å². The quantitative estimate of drug-likeness (QED) is 0.407. The highest BCUT2D eigenvalue weighted by Gasteiger charge is 2.07. The van der Waals surface area contributed by atoms with Crippen molar-refractivity contribution in [3.05, 3.63) is 0 Å². The van der Waals surface area contributed by atoms with Gasteiger partial charge in [-0.05, 0) is 0 Å². The highest BCUT2D eigenvalue weighted by atomic mass is 35.5. The second-order valence-corrected chi connectivity index (χ2v) is 3.44. The minimum absolute atomic E-state index is 0. The molecule has 0 radical (unpaired) electrons. The van der Waals surface area contributed by atoms with E-state index in [4.69, 9.17) is 10.5 Å². The SMILES string of the molecule is C[N+](C)(C)CCOC(=O)CN.Cl.[Cl-]. The number of likely N-dealkylation sites (N-methyl/N-ethyl adjacent to an activating group) is 1. The molecule has 0 aromatic heterocycles. The van der Waals surface area contributed by atoms with Gasteiger partial charge in [0.05, 0.1) is 27.7 Å². The number of nitrogens with zero attached hydrogens (tertiary/aromatic N) is 1. The Kier molecular flexibility index (Phi) is 12.3. The first-order valence-corrected chi connectivity index (χ1v) is 3.62. The monoisotopic (exact) mass is 232 g/mol. The molecule has 82 valence electrons. The van der Waals surface area contributed by atoms with Gasteiger partial charge in [0.15, 0.2) is 0 Å². The lowest BCUT2D eigenvalue weighted by molar-refractivity contribution is -0.870. The molecule has 0 aromatic rings. The van der Waals surface area contributed by atoms with Gasteiger partial charge in [0.2, 0.25) is 0 Å². The summed E-state index contributed by atoms with van der Waals surface area (Å²) in [4.78, 5) is 10.5. The molecule has 6 heteroatoms. The van der Waals surface area contributed by atoms with Crippen LogP contribution in [-0.2, 0) is 9.53 Å². The van der Waals surface area contributed by atoms with Crippen molar-refractivity contribution in [3.63, 3.8) is 0 Å². The molecule has 0 aromatic carbocycles. The van der Waals surface area contributed by atoms with E-state index in [0.29, 0.717) is 6.61 Å². The zero-order chi connectivity index (χ0) is 8.91. The number of carbonyl (C=O) groups excluding carboxylic acids is 1. The Hall–Kier alpha value is -0.0300. The van der Waals surface area contributed by atoms with Gasteiger partial charge in [0, 0.05) is 0 Å². The van der Waals surface area contributed by atoms with Gasteiger partial charge in [-0.1, -0.05) is 0 Å². The smallest absolute Gasteiger partial charge is 0.319 e. The maximum Gasteiger partial charge on any atom is 0.319 e. The van der Waals surface area contributed by atoms with Gasteiger partial charge < -0.3 is 27.4 Å². The molecule has 0 aliphatic heterocycles. The number of nitrogens with two attached hydrogens (primary N) is 1. The Morgan fingerprint density at radius 3 is 2.15 bits per heavy atom. The number of rotatable bonds is 4. The Bertz CT molecular complexity index is 137. The summed E-state index contributed by atoms with van der Waals surface area (Å²) in [7, 11) is 6.11. The number of hydrogen-bond acceptors (Lipinski definition) is 3. The average molecular weight is 233 g/mol. The first-order valence-electron chi connectivity index (χ1n) is 3.62. The van der Waals surface area contributed by atoms with Crippen LogP contribution < -0.4 is 18.1 Å². The summed E-state index contributed by atoms with van der Waals surface area (Å²) in [6.07, 6.45) is 0. The van der Waals surface area contributed by atoms with Gasteiger partial charge in [-0.2, -0.15) is 0 Å². The van der Waals surface area contributed by atoms with Crippen molar-refractivity contribution in [2.45, 2.75) is 0 Å². The predicted octanol–water partition coefficient (Wildman–Crippen LogP) is -3.38. The first kappa shape index (κ1) is 18.7. The van der Waals surface area contributed by atoms with Crippen LogP contribution in [0.3, 0.4) is 0 Å².